The number of aromatic nitrogens is 15. The van der Waals surface area contributed by atoms with Crippen molar-refractivity contribution in [3.63, 3.8) is 0 Å². The number of aryl methyl sites for hydroxylation is 1. The number of rotatable bonds is 25. The molecule has 0 bridgehead atoms. The van der Waals surface area contributed by atoms with E-state index in [4.69, 9.17) is 44.4 Å². The van der Waals surface area contributed by atoms with Crippen molar-refractivity contribution in [3.05, 3.63) is 91.1 Å². The van der Waals surface area contributed by atoms with E-state index in [0.29, 0.717) is 99.9 Å². The largest absolute Gasteiger partial charge is 0.391 e. The number of alkyl halides is 9. The molecule has 103 heavy (non-hydrogen) atoms. The first-order valence-electron chi connectivity index (χ1n) is 35.2. The second-order valence-electron chi connectivity index (χ2n) is 28.6. The van der Waals surface area contributed by atoms with Crippen LogP contribution in [0.2, 0.25) is 0 Å². The van der Waals surface area contributed by atoms with Gasteiger partial charge in [0.1, 0.15) is 22.0 Å². The van der Waals surface area contributed by atoms with Gasteiger partial charge in [-0.05, 0) is 122 Å². The Labute approximate surface area is 586 Å². The van der Waals surface area contributed by atoms with Crippen molar-refractivity contribution in [2.45, 2.75) is 221 Å². The molecule has 0 radical (unpaired) electrons. The maximum absolute atomic E-state index is 13.6. The van der Waals surface area contributed by atoms with Crippen LogP contribution in [-0.2, 0) is 40.4 Å². The molecule has 11 heterocycles. The fourth-order valence-electron chi connectivity index (χ4n) is 15.3. The van der Waals surface area contributed by atoms with Crippen LogP contribution in [0.4, 0.5) is 57.4 Å². The van der Waals surface area contributed by atoms with Crippen molar-refractivity contribution in [2.75, 3.05) is 54.4 Å². The quantitative estimate of drug-likeness (QED) is 0.0273. The summed E-state index contributed by atoms with van der Waals surface area (Å²) in [5.41, 5.74) is 9.29. The lowest BCUT2D eigenvalue weighted by atomic mass is 9.85. The fourth-order valence-corrected chi connectivity index (χ4v) is 15.8. The molecule has 6 atom stereocenters. The number of nitrogens with zero attached hydrogens (tertiary/aromatic N) is 15. The van der Waals surface area contributed by atoms with Crippen LogP contribution in [0.1, 0.15) is 170 Å². The van der Waals surface area contributed by atoms with E-state index >= 15 is 0 Å². The molecule has 2 saturated heterocycles. The zero-order valence-electron chi connectivity index (χ0n) is 57.3. The van der Waals surface area contributed by atoms with Crippen LogP contribution in [0, 0.1) is 0 Å². The molecule has 0 amide bonds. The highest BCUT2D eigenvalue weighted by Gasteiger charge is 2.39. The van der Waals surface area contributed by atoms with E-state index in [9.17, 15) is 47.9 Å². The average molecular weight is 1470 g/mol. The topological polar surface area (TPSA) is 260 Å². The molecule has 0 spiro atoms. The molecule has 2 aliphatic heterocycles. The van der Waals surface area contributed by atoms with Crippen molar-refractivity contribution in [2.24, 2.45) is 0 Å². The molecule has 5 fully saturated rings. The number of fused-ring (bicyclic) bond motifs is 3. The van der Waals surface area contributed by atoms with Gasteiger partial charge in [-0.25, -0.2) is 46.7 Å². The van der Waals surface area contributed by atoms with Crippen molar-refractivity contribution < 1.29 is 71.9 Å². The van der Waals surface area contributed by atoms with Gasteiger partial charge in [0.2, 0.25) is 17.8 Å². The van der Waals surface area contributed by atoms with Gasteiger partial charge in [0, 0.05) is 118 Å². The molecule has 5 aliphatic rings. The van der Waals surface area contributed by atoms with Crippen LogP contribution < -0.4 is 16.0 Å². The van der Waals surface area contributed by atoms with Crippen molar-refractivity contribution >= 4 is 44.2 Å². The zero-order chi connectivity index (χ0) is 72.1. The van der Waals surface area contributed by atoms with Gasteiger partial charge in [-0.1, -0.05) is 0 Å². The Balaban J connectivity index is 0.626. The van der Waals surface area contributed by atoms with E-state index in [0.717, 1.165) is 83.3 Å². The average Bonchev–Trinajstić information content (AvgIpc) is 1.63. The molecule has 556 valence electrons. The third-order valence-corrected chi connectivity index (χ3v) is 21.4. The number of anilines is 3. The number of sulfone groups is 1. The molecule has 9 aromatic rings. The van der Waals surface area contributed by atoms with Crippen molar-refractivity contribution in [1.29, 1.82) is 0 Å². The van der Waals surface area contributed by atoms with E-state index in [1.54, 1.807) is 50.9 Å². The normalized spacial score (nSPS) is 24.2. The van der Waals surface area contributed by atoms with E-state index in [-0.39, 0.29) is 84.4 Å². The first-order valence-corrected chi connectivity index (χ1v) is 37.3. The summed E-state index contributed by atoms with van der Waals surface area (Å²) in [6.45, 7) is 6.38. The predicted molar refractivity (Wildman–Crippen MR) is 360 cm³/mol. The molecule has 14 rings (SSSR count). The first kappa shape index (κ1) is 72.0. The Bertz CT molecular complexity index is 4520. The van der Waals surface area contributed by atoms with Crippen molar-refractivity contribution in [1.82, 2.24) is 73.1 Å². The Kier molecular flexibility index (Phi) is 20.6. The van der Waals surface area contributed by atoms with Gasteiger partial charge in [-0.3, -0.25) is 14.0 Å². The van der Waals surface area contributed by atoms with E-state index < -0.39 is 65.8 Å². The molecular weight excluding hydrogens is 1380 g/mol. The number of nitrogens with one attached hydrogen (secondary N) is 3. The fraction of sp³-hybridized carbons (Fsp3) is 0.603. The van der Waals surface area contributed by atoms with Crippen LogP contribution in [-0.4, -0.2) is 181 Å². The summed E-state index contributed by atoms with van der Waals surface area (Å²) in [4.78, 5) is 25.8. The SMILES string of the molecule is C[C@@H](CC(F)(F)F)Nc1ncc2c(-c3cnn(CCS(C)(=O)=O)c3)cc([C@H]3CC[C@H](OO[C@H]4CC[C@H](c5cc(-c6cnn([C@H]7COCC7O[C@H]7CC[C@H](c8cc(-c9cnn([C@H]%10CCOC%10)c9)c9cnc(N[C@@H](C)CC(F)(F)F)nn98)CC7)c6)c6cnc(N[C@@H](C)CC(F)(F)F)nn65)CC4)CC3)n2n1. The Morgan fingerprint density at radius 3 is 1.33 bits per heavy atom. The summed E-state index contributed by atoms with van der Waals surface area (Å²) in [7, 11) is -3.25. The molecule has 1 unspecified atom stereocenters. The van der Waals surface area contributed by atoms with Crippen LogP contribution >= 0.6 is 0 Å². The van der Waals surface area contributed by atoms with Crippen LogP contribution in [0.25, 0.3) is 49.9 Å². The molecule has 0 aromatic carbocycles. The van der Waals surface area contributed by atoms with E-state index in [2.05, 4.69) is 53.2 Å². The lowest BCUT2D eigenvalue weighted by Gasteiger charge is -2.31. The third kappa shape index (κ3) is 17.2. The third-order valence-electron chi connectivity index (χ3n) is 20.4. The molecule has 3 saturated carbocycles. The van der Waals surface area contributed by atoms with Gasteiger partial charge < -0.3 is 30.2 Å². The van der Waals surface area contributed by atoms with Crippen LogP contribution in [0.15, 0.2) is 74.0 Å². The highest BCUT2D eigenvalue weighted by atomic mass is 32.2. The highest BCUT2D eigenvalue weighted by molar-refractivity contribution is 7.90. The van der Waals surface area contributed by atoms with Gasteiger partial charge in [-0.2, -0.15) is 54.8 Å². The van der Waals surface area contributed by atoms with Gasteiger partial charge in [0.05, 0.1) is 129 Å². The molecule has 3 N–H and O–H groups in total. The first-order chi connectivity index (χ1) is 49.1. The van der Waals surface area contributed by atoms with Gasteiger partial charge >= 0.3 is 18.5 Å². The van der Waals surface area contributed by atoms with E-state index in [1.165, 1.54) is 20.8 Å². The highest BCUT2D eigenvalue weighted by Crippen LogP contribution is 2.44. The Morgan fingerprint density at radius 1 is 0.505 bits per heavy atom. The summed E-state index contributed by atoms with van der Waals surface area (Å²) in [6, 6.07) is 3.03. The number of hydrogen-bond donors (Lipinski definition) is 3. The molecule has 9 aromatic heterocycles. The maximum atomic E-state index is 13.6. The predicted octanol–water partition coefficient (Wildman–Crippen LogP) is 13.1. The van der Waals surface area contributed by atoms with Crippen LogP contribution in [0.5, 0.6) is 0 Å². The van der Waals surface area contributed by atoms with Crippen LogP contribution in [0.3, 0.4) is 0 Å². The number of halogens is 9. The molecule has 35 heteroatoms. The Morgan fingerprint density at radius 2 is 0.913 bits per heavy atom. The minimum atomic E-state index is -4.41. The molecular formula is C68H83F9N18O7S. The summed E-state index contributed by atoms with van der Waals surface area (Å²) in [5, 5.41) is 36.7. The van der Waals surface area contributed by atoms with Gasteiger partial charge in [0.25, 0.3) is 0 Å². The number of hydrogen-bond acceptors (Lipinski definition) is 19. The standard InChI is InChI=1S/C68H83F9N18O7S/c1-39(24-66(69,70)71)84-63-78-30-58-52(45-27-81-90(33-45)18-20-103(4,96)97)21-55(93(58)87-63)43-7-13-50(14-8-43)101-102-51-15-9-44(10-16-51)57-23-54(60-32-80-65(89-95(57)60)86-41(3)26-68(75,76)77)47-29-83-92(35-47)61-37-99-38-62(61)100-49-11-5-42(6-12-49)56-22-53(46-28-82-91(34-46)48-17-19-98-36-48)59-31-79-64(88-94(56)59)85-40(2)25-67(72,73)74/h21-23,27-35,39-44,48-51,61-62H,5-20,24-26,36-38H2,1-4H3,(H,84,87)(H,85,88)(H,86,89)/t39-,40-,41-,42-,43-,44-,48-,49-,50-,51-,61-,62?/m0/s1. The second-order valence-corrected chi connectivity index (χ2v) is 30.9. The summed E-state index contributed by atoms with van der Waals surface area (Å²) in [6.07, 6.45) is 8.73. The lowest BCUT2D eigenvalue weighted by molar-refractivity contribution is -0.358. The Hall–Kier alpha value is -7.99. The van der Waals surface area contributed by atoms with E-state index in [1.807, 2.05) is 38.5 Å². The summed E-state index contributed by atoms with van der Waals surface area (Å²) < 4.78 is 174. The lowest BCUT2D eigenvalue weighted by Crippen LogP contribution is -2.32. The smallest absolute Gasteiger partial charge is 0.379 e. The van der Waals surface area contributed by atoms with Gasteiger partial charge in [-0.15, -0.1) is 15.3 Å². The maximum Gasteiger partial charge on any atom is 0.391 e. The van der Waals surface area contributed by atoms with Crippen molar-refractivity contribution in [3.8, 4) is 33.4 Å². The summed E-state index contributed by atoms with van der Waals surface area (Å²) >= 11 is 0. The zero-order valence-corrected chi connectivity index (χ0v) is 58.1. The minimum Gasteiger partial charge on any atom is -0.379 e. The number of ether oxygens (including phenoxy) is 3. The second kappa shape index (κ2) is 29.5. The molecule has 25 nitrogen and oxygen atoms in total. The van der Waals surface area contributed by atoms with Gasteiger partial charge in [0.15, 0.2) is 0 Å². The monoisotopic (exact) mass is 1470 g/mol. The minimum absolute atomic E-state index is 0.0207. The summed E-state index contributed by atoms with van der Waals surface area (Å²) in [5.74, 6) is 0.0710. The molecule has 3 aliphatic carbocycles.